The summed E-state index contributed by atoms with van der Waals surface area (Å²) in [6.07, 6.45) is 1.75. The second-order valence-electron chi connectivity index (χ2n) is 10.5. The van der Waals surface area contributed by atoms with Gasteiger partial charge in [0.1, 0.15) is 17.2 Å². The second kappa shape index (κ2) is 10.2. The zero-order valence-corrected chi connectivity index (χ0v) is 21.1. The van der Waals surface area contributed by atoms with E-state index in [2.05, 4.69) is 32.0 Å². The van der Waals surface area contributed by atoms with Gasteiger partial charge in [0.25, 0.3) is 5.91 Å². The van der Waals surface area contributed by atoms with Crippen molar-refractivity contribution in [3.05, 3.63) is 41.6 Å². The van der Waals surface area contributed by atoms with E-state index in [1.807, 2.05) is 46.4 Å². The molecule has 1 aromatic heterocycles. The molecule has 2 aromatic rings. The Bertz CT molecular complexity index is 1110. The fourth-order valence-corrected chi connectivity index (χ4v) is 3.49. The zero-order valence-electron chi connectivity index (χ0n) is 21.1. The molecule has 0 saturated carbocycles. The number of benzene rings is 1. The van der Waals surface area contributed by atoms with E-state index in [1.54, 1.807) is 24.3 Å². The van der Waals surface area contributed by atoms with E-state index in [0.717, 1.165) is 6.42 Å². The largest absolute Gasteiger partial charge is 0.444 e. The van der Waals surface area contributed by atoms with Crippen LogP contribution in [0, 0.1) is 11.3 Å². The molecule has 10 heteroatoms. The van der Waals surface area contributed by atoms with E-state index < -0.39 is 11.7 Å². The van der Waals surface area contributed by atoms with Crippen molar-refractivity contribution < 1.29 is 14.3 Å². The monoisotopic (exact) mass is 479 g/mol. The lowest BCUT2D eigenvalue weighted by Gasteiger charge is -2.22. The average Bonchev–Trinajstić information content (AvgIpc) is 3.20. The highest BCUT2D eigenvalue weighted by molar-refractivity contribution is 5.95. The summed E-state index contributed by atoms with van der Waals surface area (Å²) < 4.78 is 5.33. The number of amides is 2. The van der Waals surface area contributed by atoms with Gasteiger partial charge in [0.2, 0.25) is 5.95 Å². The molecule has 0 radical (unpaired) electrons. The van der Waals surface area contributed by atoms with Gasteiger partial charge in [-0.05, 0) is 72.2 Å². The number of carbonyl (C=O) groups excluding carboxylic acids is 2. The highest BCUT2D eigenvalue weighted by Gasteiger charge is 2.28. The van der Waals surface area contributed by atoms with Gasteiger partial charge < -0.3 is 25.6 Å². The zero-order chi connectivity index (χ0) is 25.8. The summed E-state index contributed by atoms with van der Waals surface area (Å²) in [4.78, 5) is 35.3. The molecule has 0 unspecified atom stereocenters. The van der Waals surface area contributed by atoms with Gasteiger partial charge in [-0.25, -0.2) is 9.78 Å². The molecule has 3 rings (SSSR count). The predicted octanol–water partition coefficient (Wildman–Crippen LogP) is 3.72. The molecule has 2 amide bonds. The molecule has 0 aliphatic carbocycles. The SMILES string of the molecule is CC(C)(C)NC(=O)c1ccc(Nc2nc(N3CC[C@H](NC(=O)OC(C)(C)C)C3)ncc2C#N)cc1. The van der Waals surface area contributed by atoms with E-state index in [9.17, 15) is 14.9 Å². The Kier molecular flexibility index (Phi) is 7.48. The Hall–Kier alpha value is -3.87. The maximum Gasteiger partial charge on any atom is 0.407 e. The quantitative estimate of drug-likeness (QED) is 0.591. The molecule has 1 atom stereocenters. The summed E-state index contributed by atoms with van der Waals surface area (Å²) in [7, 11) is 0. The summed E-state index contributed by atoms with van der Waals surface area (Å²) in [6, 6.07) is 8.96. The summed E-state index contributed by atoms with van der Waals surface area (Å²) >= 11 is 0. The highest BCUT2D eigenvalue weighted by atomic mass is 16.6. The molecular weight excluding hydrogens is 446 g/mol. The first-order valence-electron chi connectivity index (χ1n) is 11.5. The predicted molar refractivity (Wildman–Crippen MR) is 134 cm³/mol. The molecule has 35 heavy (non-hydrogen) atoms. The van der Waals surface area contributed by atoms with Gasteiger partial charge in [0.15, 0.2) is 5.82 Å². The standard InChI is InChI=1S/C25H33N7O3/c1-24(2,3)31-21(33)16-7-9-18(10-8-16)28-20-17(13-26)14-27-22(30-20)32-12-11-19(15-32)29-23(34)35-25(4,5)6/h7-10,14,19H,11-12,15H2,1-6H3,(H,29,34)(H,31,33)(H,27,28,30)/t19-/m0/s1. The normalized spacial score (nSPS) is 15.8. The Balaban J connectivity index is 1.68. The molecule has 10 nitrogen and oxygen atoms in total. The minimum atomic E-state index is -0.562. The number of ether oxygens (including phenoxy) is 1. The molecule has 1 aromatic carbocycles. The fraction of sp³-hybridized carbons (Fsp3) is 0.480. The van der Waals surface area contributed by atoms with Gasteiger partial charge >= 0.3 is 6.09 Å². The van der Waals surface area contributed by atoms with Crippen LogP contribution >= 0.6 is 0 Å². The average molecular weight is 480 g/mol. The van der Waals surface area contributed by atoms with E-state index in [1.165, 1.54) is 6.20 Å². The van der Waals surface area contributed by atoms with Gasteiger partial charge in [-0.3, -0.25) is 4.79 Å². The first kappa shape index (κ1) is 25.7. The van der Waals surface area contributed by atoms with Gasteiger partial charge in [0.05, 0.1) is 12.2 Å². The fourth-order valence-electron chi connectivity index (χ4n) is 3.49. The third-order valence-corrected chi connectivity index (χ3v) is 4.99. The molecular formula is C25H33N7O3. The van der Waals surface area contributed by atoms with Crippen molar-refractivity contribution in [3.63, 3.8) is 0 Å². The maximum atomic E-state index is 12.3. The minimum absolute atomic E-state index is 0.0905. The molecule has 1 aliphatic rings. The molecule has 1 aliphatic heterocycles. The van der Waals surface area contributed by atoms with Crippen molar-refractivity contribution in [2.24, 2.45) is 0 Å². The van der Waals surface area contributed by atoms with Crippen LogP contribution in [0.15, 0.2) is 30.5 Å². The first-order valence-corrected chi connectivity index (χ1v) is 11.5. The number of nitrogens with one attached hydrogen (secondary N) is 3. The van der Waals surface area contributed by atoms with Crippen LogP contribution in [0.4, 0.5) is 22.2 Å². The van der Waals surface area contributed by atoms with Crippen molar-refractivity contribution in [3.8, 4) is 6.07 Å². The smallest absolute Gasteiger partial charge is 0.407 e. The molecule has 186 valence electrons. The van der Waals surface area contributed by atoms with Gasteiger partial charge in [0, 0.05) is 29.9 Å². The van der Waals surface area contributed by atoms with E-state index in [0.29, 0.717) is 41.7 Å². The van der Waals surface area contributed by atoms with E-state index in [4.69, 9.17) is 4.74 Å². The minimum Gasteiger partial charge on any atom is -0.444 e. The van der Waals surface area contributed by atoms with Crippen LogP contribution in [0.3, 0.4) is 0 Å². The molecule has 0 spiro atoms. The van der Waals surface area contributed by atoms with E-state index in [-0.39, 0.29) is 17.5 Å². The van der Waals surface area contributed by atoms with Crippen LogP contribution in [0.5, 0.6) is 0 Å². The lowest BCUT2D eigenvalue weighted by atomic mass is 10.1. The Morgan fingerprint density at radius 3 is 2.43 bits per heavy atom. The molecule has 0 bridgehead atoms. The maximum absolute atomic E-state index is 12.3. The van der Waals surface area contributed by atoms with Crippen molar-refractivity contribution in [2.75, 3.05) is 23.3 Å². The number of aromatic nitrogens is 2. The summed E-state index contributed by atoms with van der Waals surface area (Å²) in [5.41, 5.74) is 0.628. The van der Waals surface area contributed by atoms with Gasteiger partial charge in [-0.15, -0.1) is 0 Å². The number of hydrogen-bond acceptors (Lipinski definition) is 8. The molecule has 2 heterocycles. The van der Waals surface area contributed by atoms with Crippen LogP contribution in [0.25, 0.3) is 0 Å². The Labute approximate surface area is 206 Å². The van der Waals surface area contributed by atoms with Crippen LogP contribution in [0.2, 0.25) is 0 Å². The van der Waals surface area contributed by atoms with Gasteiger partial charge in [-0.1, -0.05) is 0 Å². The van der Waals surface area contributed by atoms with Crippen molar-refractivity contribution in [1.29, 1.82) is 5.26 Å². The molecule has 1 fully saturated rings. The molecule has 1 saturated heterocycles. The van der Waals surface area contributed by atoms with E-state index >= 15 is 0 Å². The third kappa shape index (κ3) is 7.57. The number of alkyl carbamates (subject to hydrolysis) is 1. The number of carbonyl (C=O) groups is 2. The van der Waals surface area contributed by atoms with Crippen LogP contribution in [0.1, 0.15) is 63.9 Å². The van der Waals surface area contributed by atoms with Gasteiger partial charge in [-0.2, -0.15) is 10.2 Å². The Morgan fingerprint density at radius 2 is 1.83 bits per heavy atom. The van der Waals surface area contributed by atoms with Crippen LogP contribution in [-0.2, 0) is 4.74 Å². The molecule has 3 N–H and O–H groups in total. The van der Waals surface area contributed by atoms with Crippen molar-refractivity contribution in [1.82, 2.24) is 20.6 Å². The number of anilines is 3. The first-order chi connectivity index (χ1) is 16.3. The van der Waals surface area contributed by atoms with Crippen LogP contribution in [-0.4, -0.2) is 52.2 Å². The summed E-state index contributed by atoms with van der Waals surface area (Å²) in [5.74, 6) is 0.670. The lowest BCUT2D eigenvalue weighted by Crippen LogP contribution is -2.40. The summed E-state index contributed by atoms with van der Waals surface area (Å²) in [5, 5.41) is 18.5. The summed E-state index contributed by atoms with van der Waals surface area (Å²) in [6.45, 7) is 12.4. The second-order valence-corrected chi connectivity index (χ2v) is 10.5. The Morgan fingerprint density at radius 1 is 1.14 bits per heavy atom. The number of hydrogen-bond donors (Lipinski definition) is 3. The third-order valence-electron chi connectivity index (χ3n) is 4.99. The highest BCUT2D eigenvalue weighted by Crippen LogP contribution is 2.23. The lowest BCUT2D eigenvalue weighted by molar-refractivity contribution is 0.0508. The van der Waals surface area contributed by atoms with Crippen LogP contribution < -0.4 is 20.9 Å². The topological polar surface area (TPSA) is 132 Å². The van der Waals surface area contributed by atoms with Crippen molar-refractivity contribution in [2.45, 2.75) is 65.1 Å². The number of nitriles is 1. The number of rotatable bonds is 5. The van der Waals surface area contributed by atoms with Crippen molar-refractivity contribution >= 4 is 29.5 Å². The number of nitrogens with zero attached hydrogens (tertiary/aromatic N) is 4.